The van der Waals surface area contributed by atoms with Crippen LogP contribution >= 0.6 is 0 Å². The molecule has 0 N–H and O–H groups in total. The summed E-state index contributed by atoms with van der Waals surface area (Å²) in [6.07, 6.45) is 1.24. The lowest BCUT2D eigenvalue weighted by molar-refractivity contribution is 0.0849. The maximum absolute atomic E-state index is 12.5. The van der Waals surface area contributed by atoms with Crippen molar-refractivity contribution in [3.05, 3.63) is 23.9 Å². The molecule has 1 saturated carbocycles. The number of aromatic nitrogens is 1. The predicted octanol–water partition coefficient (Wildman–Crippen LogP) is 1.99. The fraction of sp³-hybridized carbons (Fsp3) is 0.400. The van der Waals surface area contributed by atoms with E-state index in [1.165, 1.54) is 18.3 Å². The molecule has 0 amide bonds. The molecule has 1 heterocycles. The van der Waals surface area contributed by atoms with Gasteiger partial charge in [-0.2, -0.15) is 5.26 Å². The fourth-order valence-electron chi connectivity index (χ4n) is 1.17. The molecule has 0 bridgehead atoms. The number of halogens is 2. The molecule has 0 radical (unpaired) electrons. The molecule has 78 valence electrons. The lowest BCUT2D eigenvalue weighted by Gasteiger charge is -2.03. The van der Waals surface area contributed by atoms with E-state index in [1.807, 2.05) is 6.07 Å². The topological polar surface area (TPSA) is 45.9 Å². The van der Waals surface area contributed by atoms with Gasteiger partial charge in [0.25, 0.3) is 5.92 Å². The number of hydrogen-bond acceptors (Lipinski definition) is 3. The third-order valence-corrected chi connectivity index (χ3v) is 2.25. The highest BCUT2D eigenvalue weighted by atomic mass is 19.3. The zero-order valence-electron chi connectivity index (χ0n) is 7.78. The van der Waals surface area contributed by atoms with Crippen LogP contribution in [-0.4, -0.2) is 17.5 Å². The molecule has 0 aliphatic heterocycles. The first-order valence-corrected chi connectivity index (χ1v) is 4.48. The molecule has 15 heavy (non-hydrogen) atoms. The van der Waals surface area contributed by atoms with Gasteiger partial charge in [0.2, 0.25) is 5.88 Å². The molecule has 1 aliphatic carbocycles. The summed E-state index contributed by atoms with van der Waals surface area (Å²) < 4.78 is 30.0. The molecule has 0 aromatic carbocycles. The van der Waals surface area contributed by atoms with Crippen molar-refractivity contribution in [3.63, 3.8) is 0 Å². The summed E-state index contributed by atoms with van der Waals surface area (Å²) in [7, 11) is 0. The Labute approximate surface area is 85.3 Å². The maximum Gasteiger partial charge on any atom is 0.255 e. The van der Waals surface area contributed by atoms with Crippen LogP contribution in [0.2, 0.25) is 0 Å². The molecule has 3 nitrogen and oxygen atoms in total. The summed E-state index contributed by atoms with van der Waals surface area (Å²) in [6, 6.07) is 4.94. The van der Waals surface area contributed by atoms with Crippen LogP contribution in [0.5, 0.6) is 5.88 Å². The van der Waals surface area contributed by atoms with E-state index in [2.05, 4.69) is 4.98 Å². The van der Waals surface area contributed by atoms with Crippen molar-refractivity contribution in [1.29, 1.82) is 5.26 Å². The van der Waals surface area contributed by atoms with E-state index in [4.69, 9.17) is 10.00 Å². The van der Waals surface area contributed by atoms with Gasteiger partial charge in [-0.3, -0.25) is 0 Å². The van der Waals surface area contributed by atoms with Gasteiger partial charge in [-0.15, -0.1) is 0 Å². The number of hydrogen-bond donors (Lipinski definition) is 0. The quantitative estimate of drug-likeness (QED) is 0.766. The van der Waals surface area contributed by atoms with E-state index in [-0.39, 0.29) is 18.9 Å². The summed E-state index contributed by atoms with van der Waals surface area (Å²) in [5, 5.41) is 8.50. The van der Waals surface area contributed by atoms with Gasteiger partial charge in [-0.25, -0.2) is 13.8 Å². The Hall–Kier alpha value is -1.70. The van der Waals surface area contributed by atoms with Crippen molar-refractivity contribution >= 4 is 0 Å². The highest BCUT2D eigenvalue weighted by Crippen LogP contribution is 2.48. The number of rotatable bonds is 3. The number of pyridine rings is 1. The predicted molar refractivity (Wildman–Crippen MR) is 47.5 cm³/mol. The second kappa shape index (κ2) is 3.46. The van der Waals surface area contributed by atoms with E-state index in [0.717, 1.165) is 0 Å². The van der Waals surface area contributed by atoms with Crippen LogP contribution in [0.25, 0.3) is 0 Å². The summed E-state index contributed by atoms with van der Waals surface area (Å²) in [5.41, 5.74) is 0.416. The Kier molecular flexibility index (Phi) is 2.27. The highest BCUT2D eigenvalue weighted by molar-refractivity contribution is 5.28. The molecule has 5 heteroatoms. The molecule has 0 spiro atoms. The van der Waals surface area contributed by atoms with Crippen molar-refractivity contribution < 1.29 is 13.5 Å². The van der Waals surface area contributed by atoms with Crippen LogP contribution < -0.4 is 4.74 Å². The second-order valence-corrected chi connectivity index (χ2v) is 3.47. The lowest BCUT2D eigenvalue weighted by Crippen LogP contribution is -2.06. The van der Waals surface area contributed by atoms with E-state index >= 15 is 0 Å². The Bertz CT molecular complexity index is 397. The largest absolute Gasteiger partial charge is 0.477 e. The summed E-state index contributed by atoms with van der Waals surface area (Å²) >= 11 is 0. The number of nitriles is 1. The van der Waals surface area contributed by atoms with Crippen LogP contribution in [0.4, 0.5) is 8.78 Å². The maximum atomic E-state index is 12.5. The first-order valence-electron chi connectivity index (χ1n) is 4.48. The summed E-state index contributed by atoms with van der Waals surface area (Å²) in [6.45, 7) is -0.0219. The lowest BCUT2D eigenvalue weighted by atomic mass is 10.3. The van der Waals surface area contributed by atoms with Crippen LogP contribution in [0.15, 0.2) is 18.3 Å². The standard InChI is InChI=1S/C10H8F2N2O/c11-10(12)3-8(10)6-15-9-2-1-7(4-13)5-14-9/h1-2,5,8H,3,6H2/t8-/m1/s1. The first kappa shape index (κ1) is 9.84. The first-order chi connectivity index (χ1) is 7.12. The van der Waals surface area contributed by atoms with Gasteiger partial charge in [-0.05, 0) is 6.07 Å². The van der Waals surface area contributed by atoms with Crippen molar-refractivity contribution in [1.82, 2.24) is 4.98 Å². The molecule has 2 rings (SSSR count). The molecular formula is C10H8F2N2O. The molecule has 1 fully saturated rings. The summed E-state index contributed by atoms with van der Waals surface area (Å²) in [4.78, 5) is 3.81. The van der Waals surface area contributed by atoms with Gasteiger partial charge < -0.3 is 4.74 Å². The van der Waals surface area contributed by atoms with Crippen molar-refractivity contribution in [3.8, 4) is 11.9 Å². The third-order valence-electron chi connectivity index (χ3n) is 2.25. The number of ether oxygens (including phenoxy) is 1. The molecule has 1 aliphatic rings. The third kappa shape index (κ3) is 2.21. The van der Waals surface area contributed by atoms with Gasteiger partial charge >= 0.3 is 0 Å². The minimum Gasteiger partial charge on any atom is -0.477 e. The van der Waals surface area contributed by atoms with Crippen molar-refractivity contribution in [2.75, 3.05) is 6.61 Å². The molecule has 0 saturated heterocycles. The van der Waals surface area contributed by atoms with Gasteiger partial charge in [0.15, 0.2) is 0 Å². The van der Waals surface area contributed by atoms with Crippen LogP contribution in [-0.2, 0) is 0 Å². The van der Waals surface area contributed by atoms with E-state index in [0.29, 0.717) is 5.56 Å². The minimum absolute atomic E-state index is 0.0219. The zero-order chi connectivity index (χ0) is 10.9. The SMILES string of the molecule is N#Cc1ccc(OC[C@H]2CC2(F)F)nc1. The van der Waals surface area contributed by atoms with Gasteiger partial charge in [0, 0.05) is 18.7 Å². The zero-order valence-corrected chi connectivity index (χ0v) is 7.78. The summed E-state index contributed by atoms with van der Waals surface area (Å²) in [5.74, 6) is -2.97. The van der Waals surface area contributed by atoms with Crippen LogP contribution in [0.1, 0.15) is 12.0 Å². The molecule has 1 atom stereocenters. The fourth-order valence-corrected chi connectivity index (χ4v) is 1.17. The minimum atomic E-state index is -2.56. The number of alkyl halides is 2. The van der Waals surface area contributed by atoms with Crippen LogP contribution in [0, 0.1) is 17.2 Å². The normalized spacial score (nSPS) is 21.8. The van der Waals surface area contributed by atoms with Crippen molar-refractivity contribution in [2.24, 2.45) is 5.92 Å². The average Bonchev–Trinajstić information content (AvgIpc) is 2.84. The Morgan fingerprint density at radius 2 is 2.33 bits per heavy atom. The van der Waals surface area contributed by atoms with Gasteiger partial charge in [0.1, 0.15) is 6.07 Å². The Morgan fingerprint density at radius 1 is 1.60 bits per heavy atom. The molecule has 1 aromatic heterocycles. The molecule has 1 aromatic rings. The smallest absolute Gasteiger partial charge is 0.255 e. The monoisotopic (exact) mass is 210 g/mol. The molecular weight excluding hydrogens is 202 g/mol. The van der Waals surface area contributed by atoms with Crippen molar-refractivity contribution in [2.45, 2.75) is 12.3 Å². The van der Waals surface area contributed by atoms with E-state index in [9.17, 15) is 8.78 Å². The Balaban J connectivity index is 1.87. The van der Waals surface area contributed by atoms with Gasteiger partial charge in [0.05, 0.1) is 18.1 Å². The highest BCUT2D eigenvalue weighted by Gasteiger charge is 2.57. The average molecular weight is 210 g/mol. The van der Waals surface area contributed by atoms with Gasteiger partial charge in [-0.1, -0.05) is 0 Å². The number of nitrogens with zero attached hydrogens (tertiary/aromatic N) is 2. The van der Waals surface area contributed by atoms with E-state index in [1.54, 1.807) is 0 Å². The molecule has 0 unspecified atom stereocenters. The van der Waals surface area contributed by atoms with Crippen LogP contribution in [0.3, 0.4) is 0 Å². The van der Waals surface area contributed by atoms with E-state index < -0.39 is 11.8 Å². The Morgan fingerprint density at radius 3 is 2.80 bits per heavy atom. The second-order valence-electron chi connectivity index (χ2n) is 3.47.